The van der Waals surface area contributed by atoms with Crippen LogP contribution in [0.3, 0.4) is 0 Å². The molecule has 10 heteroatoms. The molecule has 2 saturated heterocycles. The molecule has 248 valence electrons. The third-order valence-electron chi connectivity index (χ3n) is 9.68. The summed E-state index contributed by atoms with van der Waals surface area (Å²) in [4.78, 5) is 32.7. The molecule has 4 aromatic rings. The first-order valence-corrected chi connectivity index (χ1v) is 16.8. The monoisotopic (exact) mass is 642 g/mol. The first kappa shape index (κ1) is 31.5. The van der Waals surface area contributed by atoms with E-state index in [0.717, 1.165) is 57.8 Å². The maximum atomic E-state index is 14.0. The number of hydrogen-bond acceptors (Lipinski definition) is 7. The van der Waals surface area contributed by atoms with Crippen LogP contribution < -0.4 is 4.74 Å². The molecular formula is C37H43FN4O5. The van der Waals surface area contributed by atoms with Gasteiger partial charge in [-0.05, 0) is 100 Å². The zero-order valence-corrected chi connectivity index (χ0v) is 27.8. The second kappa shape index (κ2) is 11.9. The van der Waals surface area contributed by atoms with Crippen molar-refractivity contribution in [3.63, 3.8) is 0 Å². The minimum absolute atomic E-state index is 0.00588. The van der Waals surface area contributed by atoms with Crippen LogP contribution in [0.1, 0.15) is 91.0 Å². The van der Waals surface area contributed by atoms with E-state index in [1.54, 1.807) is 17.0 Å². The van der Waals surface area contributed by atoms with Crippen LogP contribution in [0.5, 0.6) is 5.88 Å². The minimum Gasteiger partial charge on any atom is -0.474 e. The number of ether oxygens (including phenoxy) is 3. The highest BCUT2D eigenvalue weighted by Gasteiger charge is 2.56. The van der Waals surface area contributed by atoms with Crippen molar-refractivity contribution >= 4 is 33.6 Å². The molecule has 3 aliphatic rings. The van der Waals surface area contributed by atoms with Crippen LogP contribution in [0.15, 0.2) is 42.6 Å². The van der Waals surface area contributed by atoms with E-state index in [-0.39, 0.29) is 36.5 Å². The Bertz CT molecular complexity index is 1830. The molecule has 2 aliphatic heterocycles. The van der Waals surface area contributed by atoms with Gasteiger partial charge in [0.25, 0.3) is 0 Å². The molecule has 9 nitrogen and oxygen atoms in total. The largest absolute Gasteiger partial charge is 0.474 e. The summed E-state index contributed by atoms with van der Waals surface area (Å²) in [5, 5.41) is 7.51. The molecule has 1 saturated carbocycles. The Morgan fingerprint density at radius 3 is 2.57 bits per heavy atom. The van der Waals surface area contributed by atoms with E-state index < -0.39 is 17.0 Å². The summed E-state index contributed by atoms with van der Waals surface area (Å²) in [6.07, 6.45) is 6.38. The van der Waals surface area contributed by atoms with Gasteiger partial charge < -0.3 is 19.1 Å². The van der Waals surface area contributed by atoms with Gasteiger partial charge in [-0.1, -0.05) is 26.0 Å². The van der Waals surface area contributed by atoms with Crippen LogP contribution in [0.4, 0.5) is 4.39 Å². The van der Waals surface area contributed by atoms with Gasteiger partial charge in [0.2, 0.25) is 11.8 Å². The smallest absolute Gasteiger partial charge is 0.326 e. The quantitative estimate of drug-likeness (QED) is 0.195. The maximum Gasteiger partial charge on any atom is 0.326 e. The van der Waals surface area contributed by atoms with Gasteiger partial charge >= 0.3 is 5.97 Å². The van der Waals surface area contributed by atoms with Crippen molar-refractivity contribution in [2.75, 3.05) is 19.7 Å². The lowest BCUT2D eigenvalue weighted by molar-refractivity contribution is -0.160. The zero-order chi connectivity index (χ0) is 33.1. The number of halogens is 1. The number of fused-ring (bicyclic) bond motifs is 2. The number of rotatable bonds is 7. The van der Waals surface area contributed by atoms with Crippen molar-refractivity contribution in [1.82, 2.24) is 19.7 Å². The average Bonchev–Trinajstić information content (AvgIpc) is 3.56. The van der Waals surface area contributed by atoms with Crippen molar-refractivity contribution in [2.24, 2.45) is 5.41 Å². The highest BCUT2D eigenvalue weighted by Crippen LogP contribution is 2.51. The summed E-state index contributed by atoms with van der Waals surface area (Å²) in [5.41, 5.74) is 2.49. The van der Waals surface area contributed by atoms with Gasteiger partial charge in [0.1, 0.15) is 24.1 Å². The SMILES string of the molecule is CC(C)c1nc(OC2CC3(CCN(CC(=O)OC(C)(C)C)C3=O)C2)c2cc3c(cnn3C3CCCCO3)cc2c1-c1ccc(F)cc1. The van der Waals surface area contributed by atoms with Crippen LogP contribution in [0.25, 0.3) is 32.8 Å². The van der Waals surface area contributed by atoms with Crippen LogP contribution >= 0.6 is 0 Å². The summed E-state index contributed by atoms with van der Waals surface area (Å²) in [5.74, 6) is -0.115. The molecule has 0 radical (unpaired) electrons. The van der Waals surface area contributed by atoms with Gasteiger partial charge in [-0.2, -0.15) is 5.10 Å². The third kappa shape index (κ3) is 5.96. The highest BCUT2D eigenvalue weighted by atomic mass is 19.1. The number of aromatic nitrogens is 3. The van der Waals surface area contributed by atoms with E-state index in [1.807, 2.05) is 31.6 Å². The van der Waals surface area contributed by atoms with Crippen LogP contribution in [0, 0.1) is 11.2 Å². The Hall–Kier alpha value is -4.05. The van der Waals surface area contributed by atoms with E-state index in [1.165, 1.54) is 12.1 Å². The van der Waals surface area contributed by atoms with Crippen LogP contribution in [0.2, 0.25) is 0 Å². The number of carbonyl (C=O) groups excluding carboxylic acids is 2. The molecule has 1 amide bonds. The summed E-state index contributed by atoms with van der Waals surface area (Å²) in [6.45, 7) is 10.9. The second-order valence-electron chi connectivity index (χ2n) is 14.7. The summed E-state index contributed by atoms with van der Waals surface area (Å²) in [7, 11) is 0. The molecular weight excluding hydrogens is 599 g/mol. The lowest BCUT2D eigenvalue weighted by Crippen LogP contribution is -2.50. The van der Waals surface area contributed by atoms with Gasteiger partial charge in [0.05, 0.1) is 22.8 Å². The number of nitrogens with zero attached hydrogens (tertiary/aromatic N) is 4. The molecule has 0 N–H and O–H groups in total. The van der Waals surface area contributed by atoms with E-state index in [2.05, 4.69) is 26.0 Å². The van der Waals surface area contributed by atoms with Crippen molar-refractivity contribution < 1.29 is 28.2 Å². The number of hydrogen-bond donors (Lipinski definition) is 0. The van der Waals surface area contributed by atoms with Gasteiger partial charge in [0.15, 0.2) is 6.23 Å². The fourth-order valence-corrected chi connectivity index (χ4v) is 7.42. The molecule has 1 aliphatic carbocycles. The predicted octanol–water partition coefficient (Wildman–Crippen LogP) is 7.31. The lowest BCUT2D eigenvalue weighted by Gasteiger charge is -2.43. The van der Waals surface area contributed by atoms with Gasteiger partial charge in [-0.25, -0.2) is 14.1 Å². The average molecular weight is 643 g/mol. The molecule has 2 aromatic heterocycles. The molecule has 1 spiro atoms. The normalized spacial score (nSPS) is 23.2. The van der Waals surface area contributed by atoms with Gasteiger partial charge in [0, 0.05) is 29.5 Å². The predicted molar refractivity (Wildman–Crippen MR) is 176 cm³/mol. The molecule has 1 unspecified atom stereocenters. The van der Waals surface area contributed by atoms with Crippen molar-refractivity contribution in [2.45, 2.75) is 97.0 Å². The zero-order valence-electron chi connectivity index (χ0n) is 27.8. The number of carbonyl (C=O) groups is 2. The maximum absolute atomic E-state index is 14.0. The third-order valence-corrected chi connectivity index (χ3v) is 9.68. The summed E-state index contributed by atoms with van der Waals surface area (Å²) in [6, 6.07) is 10.8. The Morgan fingerprint density at radius 2 is 1.89 bits per heavy atom. The Kier molecular flexibility index (Phi) is 7.97. The lowest BCUT2D eigenvalue weighted by atomic mass is 9.65. The summed E-state index contributed by atoms with van der Waals surface area (Å²) >= 11 is 0. The first-order valence-electron chi connectivity index (χ1n) is 16.8. The number of benzene rings is 2. The number of amides is 1. The Morgan fingerprint density at radius 1 is 1.13 bits per heavy atom. The van der Waals surface area contributed by atoms with Crippen molar-refractivity contribution in [3.8, 4) is 17.0 Å². The Labute approximate surface area is 274 Å². The molecule has 1 atom stereocenters. The fraction of sp³-hybridized carbons (Fsp3) is 0.514. The fourth-order valence-electron chi connectivity index (χ4n) is 7.42. The van der Waals surface area contributed by atoms with E-state index in [9.17, 15) is 14.0 Å². The minimum atomic E-state index is -0.601. The summed E-state index contributed by atoms with van der Waals surface area (Å²) < 4.78 is 34.2. The van der Waals surface area contributed by atoms with Gasteiger partial charge in [-0.3, -0.25) is 9.59 Å². The topological polar surface area (TPSA) is 95.8 Å². The standard InChI is InChI=1S/C37H43FN4O5/c1-22(2)33-32(23-9-11-25(38)12-10-23)27-16-24-20-39-42(30-8-6-7-15-45-30)29(24)17-28(27)34(40-33)46-26-18-37(19-26)13-14-41(35(37)44)21-31(43)47-36(3,4)5/h9-12,16-17,20,22,26,30H,6-8,13-15,18-19,21H2,1-5H3. The van der Waals surface area contributed by atoms with Crippen molar-refractivity contribution in [3.05, 3.63) is 54.1 Å². The number of likely N-dealkylation sites (tertiary alicyclic amines) is 1. The van der Waals surface area contributed by atoms with E-state index in [4.69, 9.17) is 24.3 Å². The van der Waals surface area contributed by atoms with E-state index in [0.29, 0.717) is 38.3 Å². The molecule has 2 aromatic carbocycles. The molecule has 47 heavy (non-hydrogen) atoms. The first-order chi connectivity index (χ1) is 22.4. The van der Waals surface area contributed by atoms with Crippen LogP contribution in [-0.4, -0.2) is 62.9 Å². The second-order valence-corrected chi connectivity index (χ2v) is 14.7. The molecule has 3 fully saturated rings. The number of esters is 1. The van der Waals surface area contributed by atoms with Crippen molar-refractivity contribution in [1.29, 1.82) is 0 Å². The van der Waals surface area contributed by atoms with E-state index >= 15 is 0 Å². The highest BCUT2D eigenvalue weighted by molar-refractivity contribution is 6.07. The van der Waals surface area contributed by atoms with Crippen LogP contribution in [-0.2, 0) is 19.1 Å². The Balaban J connectivity index is 1.23. The molecule has 7 rings (SSSR count). The number of pyridine rings is 1. The molecule has 4 heterocycles. The molecule has 0 bridgehead atoms. The van der Waals surface area contributed by atoms with Gasteiger partial charge in [-0.15, -0.1) is 0 Å².